The lowest BCUT2D eigenvalue weighted by atomic mass is 9.49. The van der Waals surface area contributed by atoms with Gasteiger partial charge in [-0.3, -0.25) is 4.79 Å². The van der Waals surface area contributed by atoms with Gasteiger partial charge in [-0.25, -0.2) is 4.39 Å². The Bertz CT molecular complexity index is 633. The summed E-state index contributed by atoms with van der Waals surface area (Å²) < 4.78 is 24.5. The molecule has 0 radical (unpaired) electrons. The van der Waals surface area contributed by atoms with E-state index in [-0.39, 0.29) is 34.7 Å². The summed E-state index contributed by atoms with van der Waals surface area (Å²) in [6, 6.07) is 6.26. The Balaban J connectivity index is 1.33. The van der Waals surface area contributed by atoms with Gasteiger partial charge in [-0.15, -0.1) is 0 Å². The Kier molecular flexibility index (Phi) is 4.10. The van der Waals surface area contributed by atoms with Crippen molar-refractivity contribution < 1.29 is 18.7 Å². The van der Waals surface area contributed by atoms with Crippen molar-refractivity contribution in [2.24, 2.45) is 17.3 Å². The summed E-state index contributed by atoms with van der Waals surface area (Å²) in [5.74, 6) is 1.01. The molecule has 130 valence electrons. The van der Waals surface area contributed by atoms with E-state index in [9.17, 15) is 9.18 Å². The normalized spacial score (nSPS) is 36.6. The average Bonchev–Trinajstić information content (AvgIpc) is 2.50. The number of carbonyl (C=O) groups excluding carboxylic acids is 1. The monoisotopic (exact) mass is 396 g/mol. The number of hydrogen-bond donors (Lipinski definition) is 0. The molecule has 1 aromatic rings. The second-order valence-electron chi connectivity index (χ2n) is 7.81. The number of esters is 1. The summed E-state index contributed by atoms with van der Waals surface area (Å²) in [5.41, 5.74) is -0.314. The predicted molar refractivity (Wildman–Crippen MR) is 91.6 cm³/mol. The quantitative estimate of drug-likeness (QED) is 0.418. The van der Waals surface area contributed by atoms with E-state index in [1.165, 1.54) is 25.3 Å². The van der Waals surface area contributed by atoms with Gasteiger partial charge in [-0.1, -0.05) is 28.1 Å². The number of carbonyl (C=O) groups is 1. The molecule has 4 aliphatic carbocycles. The van der Waals surface area contributed by atoms with Crippen LogP contribution in [0.3, 0.4) is 0 Å². The number of benzene rings is 1. The highest BCUT2D eigenvalue weighted by atomic mass is 79.9. The molecule has 4 bridgehead atoms. The van der Waals surface area contributed by atoms with Gasteiger partial charge in [0.25, 0.3) is 0 Å². The fourth-order valence-corrected chi connectivity index (χ4v) is 6.84. The Hall–Kier alpha value is -1.10. The minimum absolute atomic E-state index is 0.0856. The van der Waals surface area contributed by atoms with Crippen molar-refractivity contribution >= 4 is 21.9 Å². The number of rotatable bonds is 5. The van der Waals surface area contributed by atoms with Gasteiger partial charge >= 0.3 is 5.97 Å². The molecule has 4 saturated carbocycles. The van der Waals surface area contributed by atoms with E-state index in [0.717, 1.165) is 19.3 Å². The van der Waals surface area contributed by atoms with Crippen LogP contribution in [0.25, 0.3) is 0 Å². The van der Waals surface area contributed by atoms with Gasteiger partial charge in [0.05, 0.1) is 5.41 Å². The fraction of sp³-hybridized carbons (Fsp3) is 0.632. The van der Waals surface area contributed by atoms with Crippen LogP contribution in [0, 0.1) is 23.1 Å². The van der Waals surface area contributed by atoms with Crippen LogP contribution in [0.1, 0.15) is 38.5 Å². The van der Waals surface area contributed by atoms with Crippen molar-refractivity contribution in [1.82, 2.24) is 0 Å². The summed E-state index contributed by atoms with van der Waals surface area (Å²) in [6.07, 6.45) is 6.45. The minimum atomic E-state index is -0.397. The maximum Gasteiger partial charge on any atom is 0.312 e. The van der Waals surface area contributed by atoms with E-state index < -0.39 is 5.82 Å². The van der Waals surface area contributed by atoms with Crippen molar-refractivity contribution in [3.63, 3.8) is 0 Å². The first-order chi connectivity index (χ1) is 11.5. The zero-order valence-electron chi connectivity index (χ0n) is 13.6. The van der Waals surface area contributed by atoms with Crippen LogP contribution in [0.15, 0.2) is 24.3 Å². The molecular formula is C19H22BrFO3. The van der Waals surface area contributed by atoms with Gasteiger partial charge in [-0.05, 0) is 62.5 Å². The van der Waals surface area contributed by atoms with Crippen molar-refractivity contribution in [2.45, 2.75) is 42.8 Å². The fourth-order valence-electron chi connectivity index (χ4n) is 5.39. The minimum Gasteiger partial charge on any atom is -0.487 e. The molecule has 3 nitrogen and oxygen atoms in total. The number of hydrogen-bond acceptors (Lipinski definition) is 3. The van der Waals surface area contributed by atoms with E-state index in [0.29, 0.717) is 11.8 Å². The molecule has 2 unspecified atom stereocenters. The topological polar surface area (TPSA) is 35.5 Å². The Morgan fingerprint density at radius 3 is 2.54 bits per heavy atom. The smallest absolute Gasteiger partial charge is 0.312 e. The van der Waals surface area contributed by atoms with E-state index >= 15 is 0 Å². The first-order valence-electron chi connectivity index (χ1n) is 8.72. The molecule has 0 aromatic heterocycles. The van der Waals surface area contributed by atoms with Gasteiger partial charge in [-0.2, -0.15) is 0 Å². The van der Waals surface area contributed by atoms with Gasteiger partial charge in [0, 0.05) is 4.32 Å². The van der Waals surface area contributed by atoms with Crippen molar-refractivity contribution in [3.8, 4) is 5.75 Å². The lowest BCUT2D eigenvalue weighted by molar-refractivity contribution is -0.170. The molecule has 0 aliphatic heterocycles. The van der Waals surface area contributed by atoms with Crippen LogP contribution in [-0.4, -0.2) is 23.5 Å². The lowest BCUT2D eigenvalue weighted by Crippen LogP contribution is -2.56. The van der Waals surface area contributed by atoms with Crippen LogP contribution in [0.5, 0.6) is 5.75 Å². The molecule has 0 N–H and O–H groups in total. The lowest BCUT2D eigenvalue weighted by Gasteiger charge is -2.58. The maximum atomic E-state index is 13.5. The standard InChI is InChI=1S/C19H22BrFO3/c20-19-10-13-7-14(11-19)9-18(8-13,12-19)17(22)24-6-5-23-16-4-2-1-3-15(16)21/h1-4,13-14H,5-12H2. The Morgan fingerprint density at radius 1 is 1.17 bits per heavy atom. The zero-order valence-corrected chi connectivity index (χ0v) is 15.2. The third-order valence-corrected chi connectivity index (χ3v) is 6.76. The summed E-state index contributed by atoms with van der Waals surface area (Å²) in [7, 11) is 0. The van der Waals surface area contributed by atoms with Crippen LogP contribution in [-0.2, 0) is 9.53 Å². The van der Waals surface area contributed by atoms with E-state index in [4.69, 9.17) is 9.47 Å². The number of alkyl halides is 1. The Labute approximate surface area is 150 Å². The van der Waals surface area contributed by atoms with Crippen molar-refractivity contribution in [2.75, 3.05) is 13.2 Å². The van der Waals surface area contributed by atoms with Gasteiger partial charge in [0.2, 0.25) is 0 Å². The molecule has 4 aliphatic rings. The second kappa shape index (κ2) is 6.01. The van der Waals surface area contributed by atoms with Gasteiger partial charge in [0.1, 0.15) is 13.2 Å². The first-order valence-corrected chi connectivity index (χ1v) is 9.51. The summed E-state index contributed by atoms with van der Waals surface area (Å²) in [6.45, 7) is 0.342. The number of ether oxygens (including phenoxy) is 2. The molecule has 0 saturated heterocycles. The van der Waals surface area contributed by atoms with E-state index in [1.807, 2.05) is 0 Å². The molecule has 24 heavy (non-hydrogen) atoms. The third kappa shape index (κ3) is 2.96. The average molecular weight is 397 g/mol. The van der Waals surface area contributed by atoms with Crippen molar-refractivity contribution in [1.29, 1.82) is 0 Å². The van der Waals surface area contributed by atoms with E-state index in [2.05, 4.69) is 15.9 Å². The van der Waals surface area contributed by atoms with E-state index in [1.54, 1.807) is 18.2 Å². The highest BCUT2D eigenvalue weighted by Crippen LogP contribution is 2.64. The SMILES string of the molecule is O=C(OCCOc1ccccc1F)C12CC3CC(CC(Br)(C3)C1)C2. The molecule has 1 aromatic carbocycles. The molecule has 5 heteroatoms. The second-order valence-corrected chi connectivity index (χ2v) is 9.49. The highest BCUT2D eigenvalue weighted by molar-refractivity contribution is 9.10. The molecule has 0 heterocycles. The van der Waals surface area contributed by atoms with Gasteiger partial charge < -0.3 is 9.47 Å². The first kappa shape index (κ1) is 16.4. The largest absolute Gasteiger partial charge is 0.487 e. The maximum absolute atomic E-state index is 13.5. The summed E-state index contributed by atoms with van der Waals surface area (Å²) in [4.78, 5) is 12.7. The molecule has 4 fully saturated rings. The summed E-state index contributed by atoms with van der Waals surface area (Å²) in [5, 5.41) is 0. The predicted octanol–water partition coefficient (Wildman–Crippen LogP) is 4.48. The van der Waals surface area contributed by atoms with Gasteiger partial charge in [0.15, 0.2) is 11.6 Å². The molecule has 5 rings (SSSR count). The number of halogens is 2. The molecule has 0 spiro atoms. The highest BCUT2D eigenvalue weighted by Gasteiger charge is 2.60. The zero-order chi connectivity index (χ0) is 16.8. The summed E-state index contributed by atoms with van der Waals surface area (Å²) >= 11 is 3.91. The molecular weight excluding hydrogens is 375 g/mol. The van der Waals surface area contributed by atoms with Crippen molar-refractivity contribution in [3.05, 3.63) is 30.1 Å². The Morgan fingerprint density at radius 2 is 1.88 bits per heavy atom. The van der Waals surface area contributed by atoms with Crippen LogP contribution in [0.4, 0.5) is 4.39 Å². The molecule has 0 amide bonds. The third-order valence-electron chi connectivity index (χ3n) is 5.83. The number of para-hydroxylation sites is 1. The van der Waals surface area contributed by atoms with Crippen LogP contribution >= 0.6 is 15.9 Å². The van der Waals surface area contributed by atoms with Crippen LogP contribution < -0.4 is 4.74 Å². The van der Waals surface area contributed by atoms with Crippen LogP contribution in [0.2, 0.25) is 0 Å². The molecule has 2 atom stereocenters.